The lowest BCUT2D eigenvalue weighted by Crippen LogP contribution is -2.25. The molecule has 0 fully saturated rings. The summed E-state index contributed by atoms with van der Waals surface area (Å²) in [5, 5.41) is 0. The maximum Gasteiger partial charge on any atom is 0.540 e. The molecule has 0 aliphatic carbocycles. The molecule has 0 radical (unpaired) electrons. The minimum absolute atomic E-state index is 0.158. The van der Waals surface area contributed by atoms with E-state index in [1.54, 1.807) is 19.9 Å². The van der Waals surface area contributed by atoms with Crippen LogP contribution in [0, 0.1) is 0 Å². The lowest BCUT2D eigenvalue weighted by Gasteiger charge is -2.20. The highest BCUT2D eigenvalue weighted by molar-refractivity contribution is 5.59. The Kier molecular flexibility index (Phi) is 5.39. The van der Waals surface area contributed by atoms with Crippen molar-refractivity contribution in [3.8, 4) is 0 Å². The SMILES string of the molecule is C=CCC(C)(C)OOC(=O)OCc1ccccc1. The first-order valence-electron chi connectivity index (χ1n) is 5.71. The Labute approximate surface area is 107 Å². The molecule has 1 aromatic rings. The predicted octanol–water partition coefficient (Wildman–Crippen LogP) is 3.63. The summed E-state index contributed by atoms with van der Waals surface area (Å²) in [5.41, 5.74) is 0.285. The van der Waals surface area contributed by atoms with E-state index in [-0.39, 0.29) is 6.61 Å². The lowest BCUT2D eigenvalue weighted by molar-refractivity contribution is -0.316. The monoisotopic (exact) mass is 250 g/mol. The number of hydrogen-bond donors (Lipinski definition) is 0. The summed E-state index contributed by atoms with van der Waals surface area (Å²) in [6.45, 7) is 7.34. The molecule has 0 unspecified atom stereocenters. The van der Waals surface area contributed by atoms with Gasteiger partial charge in [-0.25, -0.2) is 4.79 Å². The molecule has 0 aliphatic rings. The largest absolute Gasteiger partial charge is 0.540 e. The Hall–Kier alpha value is -1.81. The second kappa shape index (κ2) is 6.81. The highest BCUT2D eigenvalue weighted by Gasteiger charge is 2.21. The van der Waals surface area contributed by atoms with E-state index >= 15 is 0 Å². The van der Waals surface area contributed by atoms with E-state index in [0.29, 0.717) is 6.42 Å². The maximum absolute atomic E-state index is 11.3. The second-order valence-corrected chi connectivity index (χ2v) is 4.44. The van der Waals surface area contributed by atoms with Crippen LogP contribution < -0.4 is 0 Å². The Bertz CT molecular complexity index is 384. The van der Waals surface area contributed by atoms with E-state index in [0.717, 1.165) is 5.56 Å². The zero-order chi connectivity index (χ0) is 13.4. The van der Waals surface area contributed by atoms with Crippen LogP contribution in [-0.2, 0) is 21.1 Å². The van der Waals surface area contributed by atoms with Gasteiger partial charge in [-0.3, -0.25) is 4.89 Å². The van der Waals surface area contributed by atoms with Crippen molar-refractivity contribution < 1.29 is 19.3 Å². The number of hydrogen-bond acceptors (Lipinski definition) is 4. The van der Waals surface area contributed by atoms with Gasteiger partial charge in [-0.2, -0.15) is 4.89 Å². The molecule has 98 valence electrons. The predicted molar refractivity (Wildman–Crippen MR) is 67.7 cm³/mol. The van der Waals surface area contributed by atoms with Gasteiger partial charge in [-0.05, 0) is 25.8 Å². The minimum atomic E-state index is -0.851. The third-order valence-electron chi connectivity index (χ3n) is 2.17. The topological polar surface area (TPSA) is 44.8 Å². The third kappa shape index (κ3) is 5.50. The van der Waals surface area contributed by atoms with Gasteiger partial charge in [-0.15, -0.1) is 6.58 Å². The quantitative estimate of drug-likeness (QED) is 0.335. The fourth-order valence-corrected chi connectivity index (χ4v) is 1.27. The number of carbonyl (C=O) groups is 1. The first kappa shape index (κ1) is 14.3. The van der Waals surface area contributed by atoms with Gasteiger partial charge < -0.3 is 4.74 Å². The van der Waals surface area contributed by atoms with Crippen LogP contribution in [0.25, 0.3) is 0 Å². The van der Waals surface area contributed by atoms with Crippen molar-refractivity contribution in [1.29, 1.82) is 0 Å². The Balaban J connectivity index is 2.28. The minimum Gasteiger partial charge on any atom is -0.427 e. The fraction of sp³-hybridized carbons (Fsp3) is 0.357. The molecular weight excluding hydrogens is 232 g/mol. The van der Waals surface area contributed by atoms with Gasteiger partial charge in [-0.1, -0.05) is 36.4 Å². The Morgan fingerprint density at radius 1 is 1.33 bits per heavy atom. The molecule has 4 heteroatoms. The van der Waals surface area contributed by atoms with Crippen LogP contribution >= 0.6 is 0 Å². The van der Waals surface area contributed by atoms with E-state index in [9.17, 15) is 4.79 Å². The van der Waals surface area contributed by atoms with Crippen molar-refractivity contribution in [1.82, 2.24) is 0 Å². The average molecular weight is 250 g/mol. The first-order chi connectivity index (χ1) is 8.53. The van der Waals surface area contributed by atoms with E-state index in [4.69, 9.17) is 9.62 Å². The molecule has 0 spiro atoms. The van der Waals surface area contributed by atoms with Crippen LogP contribution in [0.2, 0.25) is 0 Å². The number of ether oxygens (including phenoxy) is 1. The Morgan fingerprint density at radius 2 is 2.00 bits per heavy atom. The molecule has 0 bridgehead atoms. The highest BCUT2D eigenvalue weighted by Crippen LogP contribution is 2.15. The van der Waals surface area contributed by atoms with Crippen molar-refractivity contribution >= 4 is 6.16 Å². The molecule has 4 nitrogen and oxygen atoms in total. The summed E-state index contributed by atoms with van der Waals surface area (Å²) < 4.78 is 4.89. The van der Waals surface area contributed by atoms with Crippen LogP contribution in [-0.4, -0.2) is 11.8 Å². The van der Waals surface area contributed by atoms with Crippen molar-refractivity contribution in [3.63, 3.8) is 0 Å². The summed E-state index contributed by atoms with van der Waals surface area (Å²) in [5.74, 6) is 0. The number of rotatable bonds is 6. The van der Waals surface area contributed by atoms with Gasteiger partial charge in [0, 0.05) is 0 Å². The summed E-state index contributed by atoms with van der Waals surface area (Å²) in [6, 6.07) is 9.34. The summed E-state index contributed by atoms with van der Waals surface area (Å²) in [4.78, 5) is 20.8. The highest BCUT2D eigenvalue weighted by atomic mass is 17.2. The van der Waals surface area contributed by atoms with Gasteiger partial charge >= 0.3 is 6.16 Å². The molecule has 18 heavy (non-hydrogen) atoms. The van der Waals surface area contributed by atoms with Crippen molar-refractivity contribution in [2.75, 3.05) is 0 Å². The number of carbonyl (C=O) groups excluding carboxylic acids is 1. The molecule has 0 saturated heterocycles. The molecule has 0 saturated carbocycles. The molecule has 0 heterocycles. The zero-order valence-corrected chi connectivity index (χ0v) is 10.7. The van der Waals surface area contributed by atoms with Crippen LogP contribution in [0.15, 0.2) is 43.0 Å². The molecule has 0 aliphatic heterocycles. The fourth-order valence-electron chi connectivity index (χ4n) is 1.27. The van der Waals surface area contributed by atoms with Crippen LogP contribution in [0.1, 0.15) is 25.8 Å². The Morgan fingerprint density at radius 3 is 2.61 bits per heavy atom. The third-order valence-corrected chi connectivity index (χ3v) is 2.17. The van der Waals surface area contributed by atoms with E-state index in [1.807, 2.05) is 30.3 Å². The second-order valence-electron chi connectivity index (χ2n) is 4.44. The molecule has 1 aromatic carbocycles. The smallest absolute Gasteiger partial charge is 0.427 e. The molecule has 0 N–H and O–H groups in total. The standard InChI is InChI=1S/C14H18O4/c1-4-10-14(2,3)18-17-13(15)16-11-12-8-6-5-7-9-12/h4-9H,1,10-11H2,2-3H3. The normalized spacial score (nSPS) is 10.8. The van der Waals surface area contributed by atoms with Crippen molar-refractivity contribution in [2.24, 2.45) is 0 Å². The summed E-state index contributed by atoms with van der Waals surface area (Å²) in [6.07, 6.45) is 1.41. The van der Waals surface area contributed by atoms with Crippen LogP contribution in [0.5, 0.6) is 0 Å². The van der Waals surface area contributed by atoms with Crippen molar-refractivity contribution in [2.45, 2.75) is 32.5 Å². The number of benzene rings is 1. The average Bonchev–Trinajstić information content (AvgIpc) is 2.35. The van der Waals surface area contributed by atoms with Gasteiger partial charge in [0.2, 0.25) is 0 Å². The van der Waals surface area contributed by atoms with Gasteiger partial charge in [0.25, 0.3) is 0 Å². The van der Waals surface area contributed by atoms with E-state index in [2.05, 4.69) is 11.5 Å². The van der Waals surface area contributed by atoms with Gasteiger partial charge in [0.05, 0.1) is 0 Å². The molecular formula is C14H18O4. The molecule has 0 amide bonds. The van der Waals surface area contributed by atoms with Crippen LogP contribution in [0.4, 0.5) is 4.79 Å². The lowest BCUT2D eigenvalue weighted by atomic mass is 10.1. The van der Waals surface area contributed by atoms with Gasteiger partial charge in [0.1, 0.15) is 12.2 Å². The summed E-state index contributed by atoms with van der Waals surface area (Å²) >= 11 is 0. The van der Waals surface area contributed by atoms with Gasteiger partial charge in [0.15, 0.2) is 0 Å². The zero-order valence-electron chi connectivity index (χ0n) is 10.7. The summed E-state index contributed by atoms with van der Waals surface area (Å²) in [7, 11) is 0. The molecule has 0 atom stereocenters. The maximum atomic E-state index is 11.3. The first-order valence-corrected chi connectivity index (χ1v) is 5.71. The van der Waals surface area contributed by atoms with Crippen LogP contribution in [0.3, 0.4) is 0 Å². The van der Waals surface area contributed by atoms with E-state index < -0.39 is 11.8 Å². The van der Waals surface area contributed by atoms with E-state index in [1.165, 1.54) is 0 Å². The molecule has 0 aromatic heterocycles. The van der Waals surface area contributed by atoms with Crippen molar-refractivity contribution in [3.05, 3.63) is 48.6 Å². The molecule has 1 rings (SSSR count).